The highest BCUT2D eigenvalue weighted by molar-refractivity contribution is 6.24. The van der Waals surface area contributed by atoms with Gasteiger partial charge < -0.3 is 9.47 Å². The van der Waals surface area contributed by atoms with Crippen molar-refractivity contribution in [2.24, 2.45) is 0 Å². The molecule has 0 amide bonds. The molecule has 222 valence electrons. The molecule has 2 nitrogen and oxygen atoms in total. The number of aromatic nitrogens is 1. The third kappa shape index (κ3) is 4.05. The average Bonchev–Trinajstić information content (AvgIpc) is 3.63. The summed E-state index contributed by atoms with van der Waals surface area (Å²) >= 11 is 0. The van der Waals surface area contributed by atoms with Crippen LogP contribution in [0.2, 0.25) is 0 Å². The molecular weight excluding hydrogens is 569 g/mol. The van der Waals surface area contributed by atoms with Crippen LogP contribution in [-0.2, 0) is 6.54 Å². The Labute approximate surface area is 274 Å². The highest BCUT2D eigenvalue weighted by Gasteiger charge is 2.26. The Kier molecular flexibility index (Phi) is 5.80. The second-order valence-electron chi connectivity index (χ2n) is 12.8. The fraction of sp³-hybridized carbons (Fsp3) is 0.0667. The molecule has 2 aliphatic carbocycles. The largest absolute Gasteiger partial charge is 0.336 e. The molecule has 0 aliphatic heterocycles. The first-order chi connectivity index (χ1) is 23.3. The van der Waals surface area contributed by atoms with Gasteiger partial charge in [0.05, 0.1) is 5.52 Å². The van der Waals surface area contributed by atoms with E-state index in [1.807, 2.05) is 0 Å². The monoisotopic (exact) mass is 600 g/mol. The number of fused-ring (bicyclic) bond motifs is 8. The molecule has 1 aromatic heterocycles. The van der Waals surface area contributed by atoms with Crippen LogP contribution in [0.3, 0.4) is 0 Å². The van der Waals surface area contributed by atoms with Gasteiger partial charge in [0.2, 0.25) is 0 Å². The maximum atomic E-state index is 2.48. The lowest BCUT2D eigenvalue weighted by Crippen LogP contribution is -2.16. The Morgan fingerprint density at radius 2 is 1.30 bits per heavy atom. The summed E-state index contributed by atoms with van der Waals surface area (Å²) in [7, 11) is 0. The van der Waals surface area contributed by atoms with Crippen molar-refractivity contribution in [2.45, 2.75) is 19.4 Å². The van der Waals surface area contributed by atoms with E-state index in [9.17, 15) is 0 Å². The van der Waals surface area contributed by atoms with E-state index in [0.29, 0.717) is 0 Å². The minimum absolute atomic E-state index is 0.825. The second kappa shape index (κ2) is 10.3. The molecule has 7 aromatic carbocycles. The molecule has 0 fully saturated rings. The summed E-state index contributed by atoms with van der Waals surface area (Å²) < 4.78 is 2.48. The van der Waals surface area contributed by atoms with Gasteiger partial charge in [-0.15, -0.1) is 0 Å². The topological polar surface area (TPSA) is 8.17 Å². The maximum absolute atomic E-state index is 2.48. The lowest BCUT2D eigenvalue weighted by Gasteiger charge is -2.28. The van der Waals surface area contributed by atoms with E-state index in [1.54, 1.807) is 0 Å². The molecule has 0 radical (unpaired) electrons. The Morgan fingerprint density at radius 1 is 0.532 bits per heavy atom. The zero-order chi connectivity index (χ0) is 30.9. The normalized spacial score (nSPS) is 13.5. The zero-order valence-electron chi connectivity index (χ0n) is 26.0. The molecule has 0 saturated heterocycles. The van der Waals surface area contributed by atoms with Gasteiger partial charge in [-0.2, -0.15) is 0 Å². The van der Waals surface area contributed by atoms with Crippen LogP contribution in [0.25, 0.3) is 65.6 Å². The van der Waals surface area contributed by atoms with Gasteiger partial charge in [0.15, 0.2) is 0 Å². The first-order valence-corrected chi connectivity index (χ1v) is 16.6. The van der Waals surface area contributed by atoms with Crippen molar-refractivity contribution in [3.05, 3.63) is 169 Å². The van der Waals surface area contributed by atoms with Gasteiger partial charge >= 0.3 is 0 Å². The van der Waals surface area contributed by atoms with Crippen molar-refractivity contribution in [3.63, 3.8) is 0 Å². The fourth-order valence-electron chi connectivity index (χ4n) is 8.06. The van der Waals surface area contributed by atoms with E-state index >= 15 is 0 Å². The number of nitrogens with zero attached hydrogens (tertiary/aromatic N) is 2. The Balaban J connectivity index is 1.18. The van der Waals surface area contributed by atoms with Crippen LogP contribution in [-0.4, -0.2) is 4.57 Å². The molecule has 8 aromatic rings. The molecule has 1 heterocycles. The van der Waals surface area contributed by atoms with Crippen molar-refractivity contribution >= 4 is 54.7 Å². The first-order valence-electron chi connectivity index (χ1n) is 16.6. The lowest BCUT2D eigenvalue weighted by atomic mass is 9.96. The Morgan fingerprint density at radius 3 is 2.19 bits per heavy atom. The van der Waals surface area contributed by atoms with Crippen LogP contribution in [0.4, 0.5) is 11.4 Å². The van der Waals surface area contributed by atoms with Crippen molar-refractivity contribution in [3.8, 4) is 22.3 Å². The fourth-order valence-corrected chi connectivity index (χ4v) is 8.06. The van der Waals surface area contributed by atoms with Crippen molar-refractivity contribution in [2.75, 3.05) is 4.90 Å². The summed E-state index contributed by atoms with van der Waals surface area (Å²) in [6.07, 6.45) is 9.11. The van der Waals surface area contributed by atoms with Crippen LogP contribution in [0.1, 0.15) is 18.4 Å². The van der Waals surface area contributed by atoms with Gasteiger partial charge in [-0.1, -0.05) is 115 Å². The summed E-state index contributed by atoms with van der Waals surface area (Å²) in [5.41, 5.74) is 12.7. The summed E-state index contributed by atoms with van der Waals surface area (Å²) in [6, 6.07) is 51.7. The number of para-hydroxylation sites is 1. The van der Waals surface area contributed by atoms with Gasteiger partial charge in [0.1, 0.15) is 0 Å². The molecular formula is C45H32N2. The number of allylic oxidation sites excluding steroid dienone is 3. The van der Waals surface area contributed by atoms with Crippen molar-refractivity contribution in [1.29, 1.82) is 0 Å². The molecule has 2 aliphatic rings. The van der Waals surface area contributed by atoms with Crippen LogP contribution in [0.5, 0.6) is 0 Å². The van der Waals surface area contributed by atoms with Crippen LogP contribution in [0.15, 0.2) is 163 Å². The predicted molar refractivity (Wildman–Crippen MR) is 199 cm³/mol. The van der Waals surface area contributed by atoms with Gasteiger partial charge in [-0.3, -0.25) is 0 Å². The molecule has 0 unspecified atom stereocenters. The zero-order valence-corrected chi connectivity index (χ0v) is 26.0. The van der Waals surface area contributed by atoms with Gasteiger partial charge in [-0.25, -0.2) is 0 Å². The molecule has 47 heavy (non-hydrogen) atoms. The highest BCUT2D eigenvalue weighted by atomic mass is 15.1. The van der Waals surface area contributed by atoms with E-state index in [1.165, 1.54) is 88.2 Å². The number of anilines is 2. The van der Waals surface area contributed by atoms with E-state index in [4.69, 9.17) is 0 Å². The molecule has 0 atom stereocenters. The van der Waals surface area contributed by atoms with E-state index in [2.05, 4.69) is 167 Å². The maximum Gasteiger partial charge on any atom is 0.0515 e. The molecule has 10 rings (SSSR count). The SMILES string of the molecule is C1=CC(N(c2ccc3c(c2)-c2cccc4cc5ccccc5c-3c24)c2ccc3c4ccccc4n(Cc4ccccc4)c3c2)=CCC1. The summed E-state index contributed by atoms with van der Waals surface area (Å²) in [6.45, 7) is 0.825. The minimum Gasteiger partial charge on any atom is -0.336 e. The highest BCUT2D eigenvalue weighted by Crippen LogP contribution is 2.52. The Hall–Kier alpha value is -5.86. The van der Waals surface area contributed by atoms with Crippen molar-refractivity contribution in [1.82, 2.24) is 4.57 Å². The number of benzene rings is 7. The van der Waals surface area contributed by atoms with E-state index in [-0.39, 0.29) is 0 Å². The van der Waals surface area contributed by atoms with E-state index in [0.717, 1.165) is 19.4 Å². The molecule has 2 heteroatoms. The molecule has 0 N–H and O–H groups in total. The average molecular weight is 601 g/mol. The van der Waals surface area contributed by atoms with Crippen LogP contribution < -0.4 is 4.90 Å². The van der Waals surface area contributed by atoms with Crippen LogP contribution in [0, 0.1) is 0 Å². The first kappa shape index (κ1) is 26.4. The molecule has 0 spiro atoms. The van der Waals surface area contributed by atoms with Gasteiger partial charge in [-0.05, 0) is 105 Å². The van der Waals surface area contributed by atoms with Gasteiger partial charge in [0.25, 0.3) is 0 Å². The lowest BCUT2D eigenvalue weighted by molar-refractivity contribution is 0.869. The minimum atomic E-state index is 0.825. The van der Waals surface area contributed by atoms with Crippen molar-refractivity contribution < 1.29 is 0 Å². The third-order valence-corrected chi connectivity index (χ3v) is 10.1. The standard InChI is InChI=1S/C45H32N2/c1-3-12-30(13-4-1)29-46-42-21-10-9-19-37(42)38-24-22-35(28-43(38)46)47(33-16-5-2-6-17-33)34-23-25-40-41(27-34)39-20-11-15-32-26-31-14-7-8-18-36(31)45(40)44(32)39/h1,3-5,7-28H,2,6,29H2. The van der Waals surface area contributed by atoms with Gasteiger partial charge in [0, 0.05) is 39.9 Å². The number of hydrogen-bond acceptors (Lipinski definition) is 1. The summed E-state index contributed by atoms with van der Waals surface area (Å²) in [4.78, 5) is 2.46. The third-order valence-electron chi connectivity index (χ3n) is 10.1. The number of rotatable bonds is 5. The number of hydrogen-bond donors (Lipinski definition) is 0. The molecule has 0 bridgehead atoms. The summed E-state index contributed by atoms with van der Waals surface area (Å²) in [5.74, 6) is 0. The summed E-state index contributed by atoms with van der Waals surface area (Å²) in [5, 5.41) is 7.88. The quantitative estimate of drug-likeness (QED) is 0.178. The van der Waals surface area contributed by atoms with E-state index < -0.39 is 0 Å². The molecule has 0 saturated carbocycles. The Bertz CT molecular complexity index is 2600. The predicted octanol–water partition coefficient (Wildman–Crippen LogP) is 12.2. The van der Waals surface area contributed by atoms with Crippen LogP contribution >= 0.6 is 0 Å². The smallest absolute Gasteiger partial charge is 0.0515 e. The second-order valence-corrected chi connectivity index (χ2v) is 12.8.